The van der Waals surface area contributed by atoms with Gasteiger partial charge in [-0.05, 0) is 31.0 Å². The second kappa shape index (κ2) is 6.04. The molecule has 0 unspecified atom stereocenters. The van der Waals surface area contributed by atoms with Crippen LogP contribution in [0.25, 0.3) is 0 Å². The first-order chi connectivity index (χ1) is 9.44. The van der Waals surface area contributed by atoms with Gasteiger partial charge in [0.25, 0.3) is 0 Å². The normalized spacial score (nSPS) is 11.9. The van der Waals surface area contributed by atoms with E-state index in [1.807, 2.05) is 26.4 Å². The van der Waals surface area contributed by atoms with E-state index in [4.69, 9.17) is 0 Å². The van der Waals surface area contributed by atoms with E-state index in [-0.39, 0.29) is 6.54 Å². The predicted octanol–water partition coefficient (Wildman–Crippen LogP) is 0.988. The molecule has 0 aliphatic rings. The van der Waals surface area contributed by atoms with Gasteiger partial charge in [0.05, 0.1) is 6.20 Å². The smallest absolute Gasteiger partial charge is 0.250 e. The number of hydrogen-bond acceptors (Lipinski definition) is 5. The Hall–Kier alpha value is -1.22. The van der Waals surface area contributed by atoms with E-state index in [1.165, 1.54) is 11.3 Å². The standard InChI is InChI=1S/C12H18N4O2S2/c1-9-11(6-14-16(9)3)7-15-20(17,18)12-4-10(5-13-2)8-19-12/h4,6,8,13,15H,5,7H2,1-3H3. The molecular formula is C12H18N4O2S2. The summed E-state index contributed by atoms with van der Waals surface area (Å²) in [5.41, 5.74) is 2.80. The maximum atomic E-state index is 12.2. The Labute approximate surface area is 122 Å². The zero-order valence-electron chi connectivity index (χ0n) is 11.7. The number of hydrogen-bond donors (Lipinski definition) is 2. The average molecular weight is 314 g/mol. The van der Waals surface area contributed by atoms with E-state index in [9.17, 15) is 8.42 Å². The molecule has 0 aliphatic carbocycles. The fourth-order valence-corrected chi connectivity index (χ4v) is 4.01. The van der Waals surface area contributed by atoms with Crippen molar-refractivity contribution in [2.45, 2.75) is 24.2 Å². The molecule has 0 saturated heterocycles. The number of aromatic nitrogens is 2. The van der Waals surface area contributed by atoms with Gasteiger partial charge in [-0.3, -0.25) is 4.68 Å². The van der Waals surface area contributed by atoms with Crippen LogP contribution in [0.3, 0.4) is 0 Å². The lowest BCUT2D eigenvalue weighted by Crippen LogP contribution is -2.22. The van der Waals surface area contributed by atoms with Crippen LogP contribution in [0, 0.1) is 6.92 Å². The fourth-order valence-electron chi connectivity index (χ4n) is 1.75. The molecule has 0 spiro atoms. The summed E-state index contributed by atoms with van der Waals surface area (Å²) in [5, 5.41) is 8.94. The second-order valence-electron chi connectivity index (χ2n) is 4.51. The summed E-state index contributed by atoms with van der Waals surface area (Å²) in [4.78, 5) is 0. The SMILES string of the molecule is CNCc1csc(S(=O)(=O)NCc2cnn(C)c2C)c1. The number of sulfonamides is 1. The molecule has 0 aliphatic heterocycles. The predicted molar refractivity (Wildman–Crippen MR) is 79.1 cm³/mol. The summed E-state index contributed by atoms with van der Waals surface area (Å²) >= 11 is 1.23. The molecule has 2 N–H and O–H groups in total. The van der Waals surface area contributed by atoms with Crippen molar-refractivity contribution >= 4 is 21.4 Å². The van der Waals surface area contributed by atoms with Crippen LogP contribution in [0.1, 0.15) is 16.8 Å². The summed E-state index contributed by atoms with van der Waals surface area (Å²) < 4.78 is 29.1. The zero-order chi connectivity index (χ0) is 14.8. The van der Waals surface area contributed by atoms with Gasteiger partial charge >= 0.3 is 0 Å². The van der Waals surface area contributed by atoms with Crippen molar-refractivity contribution in [3.8, 4) is 0 Å². The minimum absolute atomic E-state index is 0.251. The van der Waals surface area contributed by atoms with E-state index in [1.54, 1.807) is 16.9 Å². The van der Waals surface area contributed by atoms with Crippen molar-refractivity contribution in [1.82, 2.24) is 19.8 Å². The Morgan fingerprint density at radius 2 is 2.15 bits per heavy atom. The molecule has 2 aromatic heterocycles. The number of aryl methyl sites for hydroxylation is 1. The van der Waals surface area contributed by atoms with Gasteiger partial charge in [0.15, 0.2) is 0 Å². The van der Waals surface area contributed by atoms with Crippen LogP contribution >= 0.6 is 11.3 Å². The summed E-state index contributed by atoms with van der Waals surface area (Å²) in [7, 11) is 0.199. The van der Waals surface area contributed by atoms with E-state index >= 15 is 0 Å². The van der Waals surface area contributed by atoms with Crippen molar-refractivity contribution in [1.29, 1.82) is 0 Å². The van der Waals surface area contributed by atoms with Gasteiger partial charge in [0, 0.05) is 31.4 Å². The molecule has 6 nitrogen and oxygen atoms in total. The molecule has 0 fully saturated rings. The molecule has 20 heavy (non-hydrogen) atoms. The lowest BCUT2D eigenvalue weighted by Gasteiger charge is -2.04. The highest BCUT2D eigenvalue weighted by atomic mass is 32.2. The quantitative estimate of drug-likeness (QED) is 0.833. The van der Waals surface area contributed by atoms with Crippen LogP contribution in [-0.4, -0.2) is 25.2 Å². The van der Waals surface area contributed by atoms with Gasteiger partial charge in [-0.2, -0.15) is 5.10 Å². The third kappa shape index (κ3) is 3.26. The van der Waals surface area contributed by atoms with Crippen LogP contribution in [0.2, 0.25) is 0 Å². The van der Waals surface area contributed by atoms with Gasteiger partial charge in [-0.1, -0.05) is 0 Å². The second-order valence-corrected chi connectivity index (χ2v) is 7.41. The summed E-state index contributed by atoms with van der Waals surface area (Å²) in [6, 6.07) is 1.69. The van der Waals surface area contributed by atoms with Crippen LogP contribution in [-0.2, 0) is 30.2 Å². The first kappa shape index (κ1) is 15.2. The van der Waals surface area contributed by atoms with Crippen LogP contribution in [0.15, 0.2) is 21.9 Å². The van der Waals surface area contributed by atoms with E-state index in [2.05, 4.69) is 15.1 Å². The molecule has 0 bridgehead atoms. The molecule has 8 heteroatoms. The molecule has 2 rings (SSSR count). The molecule has 2 heterocycles. The lowest BCUT2D eigenvalue weighted by molar-refractivity contribution is 0.583. The Morgan fingerprint density at radius 3 is 2.75 bits per heavy atom. The van der Waals surface area contributed by atoms with E-state index in [0.717, 1.165) is 16.8 Å². The monoisotopic (exact) mass is 314 g/mol. The zero-order valence-corrected chi connectivity index (χ0v) is 13.3. The highest BCUT2D eigenvalue weighted by molar-refractivity contribution is 7.91. The van der Waals surface area contributed by atoms with Gasteiger partial charge < -0.3 is 5.32 Å². The summed E-state index contributed by atoms with van der Waals surface area (Å²) in [5.74, 6) is 0. The highest BCUT2D eigenvalue weighted by Gasteiger charge is 2.17. The maximum Gasteiger partial charge on any atom is 0.250 e. The van der Waals surface area contributed by atoms with Crippen molar-refractivity contribution in [3.63, 3.8) is 0 Å². The van der Waals surface area contributed by atoms with Crippen LogP contribution in [0.5, 0.6) is 0 Å². The van der Waals surface area contributed by atoms with Crippen LogP contribution in [0.4, 0.5) is 0 Å². The van der Waals surface area contributed by atoms with Crippen molar-refractivity contribution < 1.29 is 8.42 Å². The first-order valence-corrected chi connectivity index (χ1v) is 8.49. The first-order valence-electron chi connectivity index (χ1n) is 6.13. The van der Waals surface area contributed by atoms with Crippen molar-refractivity contribution in [2.75, 3.05) is 7.05 Å². The third-order valence-electron chi connectivity index (χ3n) is 3.07. The van der Waals surface area contributed by atoms with Gasteiger partial charge in [0.2, 0.25) is 10.0 Å². The number of rotatable bonds is 6. The fraction of sp³-hybridized carbons (Fsp3) is 0.417. The molecule has 2 aromatic rings. The minimum Gasteiger partial charge on any atom is -0.316 e. The average Bonchev–Trinajstić information content (AvgIpc) is 2.98. The summed E-state index contributed by atoms with van der Waals surface area (Å²) in [6.07, 6.45) is 1.68. The molecule has 0 aromatic carbocycles. The summed E-state index contributed by atoms with van der Waals surface area (Å²) in [6.45, 7) is 2.82. The van der Waals surface area contributed by atoms with E-state index < -0.39 is 10.0 Å². The minimum atomic E-state index is -3.46. The van der Waals surface area contributed by atoms with Gasteiger partial charge in [-0.25, -0.2) is 13.1 Å². The maximum absolute atomic E-state index is 12.2. The Morgan fingerprint density at radius 1 is 1.40 bits per heavy atom. The van der Waals surface area contributed by atoms with Crippen LogP contribution < -0.4 is 10.0 Å². The Kier molecular flexibility index (Phi) is 4.59. The number of nitrogens with one attached hydrogen (secondary N) is 2. The Balaban J connectivity index is 2.08. The van der Waals surface area contributed by atoms with Gasteiger partial charge in [0.1, 0.15) is 4.21 Å². The number of thiophene rings is 1. The lowest BCUT2D eigenvalue weighted by atomic mass is 10.3. The van der Waals surface area contributed by atoms with Gasteiger partial charge in [-0.15, -0.1) is 11.3 Å². The third-order valence-corrected chi connectivity index (χ3v) is 5.95. The molecule has 0 saturated carbocycles. The Bertz CT molecular complexity index is 688. The molecule has 0 atom stereocenters. The van der Waals surface area contributed by atoms with Crippen molar-refractivity contribution in [3.05, 3.63) is 34.5 Å². The topological polar surface area (TPSA) is 76.0 Å². The molecule has 0 radical (unpaired) electrons. The van der Waals surface area contributed by atoms with Crippen molar-refractivity contribution in [2.24, 2.45) is 7.05 Å². The molecule has 0 amide bonds. The molecular weight excluding hydrogens is 296 g/mol. The largest absolute Gasteiger partial charge is 0.316 e. The number of nitrogens with zero attached hydrogens (tertiary/aromatic N) is 2. The van der Waals surface area contributed by atoms with E-state index in [0.29, 0.717) is 10.8 Å². The highest BCUT2D eigenvalue weighted by Crippen LogP contribution is 2.20. The molecule has 110 valence electrons.